The van der Waals surface area contributed by atoms with Gasteiger partial charge in [-0.05, 0) is 24.3 Å². The Balaban J connectivity index is 1.99. The van der Waals surface area contributed by atoms with Gasteiger partial charge in [-0.3, -0.25) is 0 Å². The zero-order chi connectivity index (χ0) is 12.5. The molecule has 0 saturated carbocycles. The monoisotopic (exact) mass is 292 g/mol. The van der Waals surface area contributed by atoms with E-state index in [0.717, 1.165) is 31.2 Å². The molecule has 0 bridgehead atoms. The summed E-state index contributed by atoms with van der Waals surface area (Å²) >= 11 is 9.08. The van der Waals surface area contributed by atoms with Crippen molar-refractivity contribution in [3.05, 3.63) is 46.1 Å². The molecular weight excluding hydrogens is 284 g/mol. The molecule has 90 valence electrons. The fourth-order valence-corrected chi connectivity index (χ4v) is 3.54. The number of halogens is 1. The molecule has 0 radical (unpaired) electrons. The second-order valence-electron chi connectivity index (χ2n) is 3.77. The van der Waals surface area contributed by atoms with Crippen LogP contribution in [-0.4, -0.2) is 4.98 Å². The molecule has 2 nitrogen and oxygen atoms in total. The van der Waals surface area contributed by atoms with Crippen LogP contribution in [0.5, 0.6) is 0 Å². The second kappa shape index (κ2) is 4.72. The van der Waals surface area contributed by atoms with Crippen LogP contribution < -0.4 is 5.73 Å². The third kappa shape index (κ3) is 2.27. The maximum Gasteiger partial charge on any atom is 0.124 e. The molecule has 0 unspecified atom stereocenters. The minimum absolute atomic E-state index is 0.753. The van der Waals surface area contributed by atoms with Gasteiger partial charge < -0.3 is 5.73 Å². The summed E-state index contributed by atoms with van der Waals surface area (Å²) < 4.78 is 0.781. The lowest BCUT2D eigenvalue weighted by atomic mass is 10.2. The highest BCUT2D eigenvalue weighted by atomic mass is 35.5. The summed E-state index contributed by atoms with van der Waals surface area (Å²) in [5.41, 5.74) is 8.55. The van der Waals surface area contributed by atoms with Gasteiger partial charge in [-0.2, -0.15) is 0 Å². The number of thiophene rings is 1. The Labute approximate surface area is 118 Å². The van der Waals surface area contributed by atoms with Crippen molar-refractivity contribution in [3.8, 4) is 21.1 Å². The van der Waals surface area contributed by atoms with Crippen molar-refractivity contribution in [2.24, 2.45) is 0 Å². The van der Waals surface area contributed by atoms with Gasteiger partial charge in [-0.15, -0.1) is 22.7 Å². The Morgan fingerprint density at radius 1 is 1.17 bits per heavy atom. The summed E-state index contributed by atoms with van der Waals surface area (Å²) in [4.78, 5) is 5.71. The molecule has 1 aromatic carbocycles. The average Bonchev–Trinajstić information content (AvgIpc) is 2.97. The number of nitrogens with two attached hydrogens (primary N) is 1. The first-order valence-corrected chi connectivity index (χ1v) is 7.37. The molecule has 0 amide bonds. The molecule has 5 heteroatoms. The zero-order valence-electron chi connectivity index (χ0n) is 9.26. The van der Waals surface area contributed by atoms with Gasteiger partial charge in [0.25, 0.3) is 0 Å². The van der Waals surface area contributed by atoms with E-state index in [4.69, 9.17) is 17.3 Å². The number of hydrogen-bond acceptors (Lipinski definition) is 4. The van der Waals surface area contributed by atoms with Crippen LogP contribution in [0.2, 0.25) is 4.34 Å². The fourth-order valence-electron chi connectivity index (χ4n) is 1.64. The number of anilines is 1. The Kier molecular flexibility index (Phi) is 3.07. The zero-order valence-corrected chi connectivity index (χ0v) is 11.6. The van der Waals surface area contributed by atoms with Gasteiger partial charge in [0, 0.05) is 16.6 Å². The Morgan fingerprint density at radius 3 is 2.78 bits per heavy atom. The van der Waals surface area contributed by atoms with Gasteiger partial charge in [0.05, 0.1) is 14.9 Å². The van der Waals surface area contributed by atoms with Gasteiger partial charge in [0.1, 0.15) is 5.01 Å². The van der Waals surface area contributed by atoms with E-state index in [1.54, 1.807) is 11.3 Å². The predicted molar refractivity (Wildman–Crippen MR) is 80.3 cm³/mol. The SMILES string of the molecule is Nc1cccc(-c2nc(-c3ccc(Cl)s3)cs2)c1. The summed E-state index contributed by atoms with van der Waals surface area (Å²) in [5.74, 6) is 0. The molecule has 3 aromatic rings. The predicted octanol–water partition coefficient (Wildman–Crippen LogP) is 4.77. The average molecular weight is 293 g/mol. The van der Waals surface area contributed by atoms with Gasteiger partial charge in [-0.1, -0.05) is 23.7 Å². The van der Waals surface area contributed by atoms with Crippen molar-refractivity contribution >= 4 is 40.0 Å². The van der Waals surface area contributed by atoms with Crippen molar-refractivity contribution in [2.45, 2.75) is 0 Å². The first kappa shape index (κ1) is 11.7. The fraction of sp³-hybridized carbons (Fsp3) is 0. The molecule has 3 rings (SSSR count). The molecule has 0 fully saturated rings. The summed E-state index contributed by atoms with van der Waals surface area (Å²) in [7, 11) is 0. The number of rotatable bonds is 2. The maximum absolute atomic E-state index is 5.93. The van der Waals surface area contributed by atoms with E-state index >= 15 is 0 Å². The van der Waals surface area contributed by atoms with Crippen LogP contribution in [0.4, 0.5) is 5.69 Å². The topological polar surface area (TPSA) is 38.9 Å². The first-order valence-electron chi connectivity index (χ1n) is 5.29. The molecule has 2 N–H and O–H groups in total. The smallest absolute Gasteiger partial charge is 0.124 e. The highest BCUT2D eigenvalue weighted by molar-refractivity contribution is 7.20. The molecule has 0 aliphatic rings. The third-order valence-corrected chi connectivity index (χ3v) is 4.61. The molecule has 0 aliphatic heterocycles. The number of thiazole rings is 1. The van der Waals surface area contributed by atoms with Crippen LogP contribution in [0.1, 0.15) is 0 Å². The highest BCUT2D eigenvalue weighted by Gasteiger charge is 2.08. The lowest BCUT2D eigenvalue weighted by Gasteiger charge is -1.97. The van der Waals surface area contributed by atoms with Gasteiger partial charge in [0.2, 0.25) is 0 Å². The quantitative estimate of drug-likeness (QED) is 0.691. The number of nitrogen functional groups attached to an aromatic ring is 1. The van der Waals surface area contributed by atoms with E-state index in [0.29, 0.717) is 0 Å². The second-order valence-corrected chi connectivity index (χ2v) is 6.34. The van der Waals surface area contributed by atoms with Crippen LogP contribution in [0, 0.1) is 0 Å². The van der Waals surface area contributed by atoms with Gasteiger partial charge >= 0.3 is 0 Å². The minimum atomic E-state index is 0.753. The van der Waals surface area contributed by atoms with Crippen molar-refractivity contribution in [1.29, 1.82) is 0 Å². The van der Waals surface area contributed by atoms with Gasteiger partial charge in [0.15, 0.2) is 0 Å². The molecule has 0 aliphatic carbocycles. The van der Waals surface area contributed by atoms with E-state index in [-0.39, 0.29) is 0 Å². The number of nitrogens with zero attached hydrogens (tertiary/aromatic N) is 1. The van der Waals surface area contributed by atoms with Crippen LogP contribution in [-0.2, 0) is 0 Å². The lowest BCUT2D eigenvalue weighted by Crippen LogP contribution is -1.84. The Bertz CT molecular complexity index is 688. The summed E-state index contributed by atoms with van der Waals surface area (Å²) in [6.07, 6.45) is 0. The van der Waals surface area contributed by atoms with Crippen LogP contribution >= 0.6 is 34.3 Å². The molecule has 2 aromatic heterocycles. The van der Waals surface area contributed by atoms with E-state index < -0.39 is 0 Å². The summed E-state index contributed by atoms with van der Waals surface area (Å²) in [5, 5.41) is 3.02. The molecule has 0 saturated heterocycles. The van der Waals surface area contributed by atoms with Crippen molar-refractivity contribution < 1.29 is 0 Å². The van der Waals surface area contributed by atoms with Crippen LogP contribution in [0.15, 0.2) is 41.8 Å². The van der Waals surface area contributed by atoms with E-state index in [2.05, 4.69) is 4.98 Å². The van der Waals surface area contributed by atoms with Crippen molar-refractivity contribution in [3.63, 3.8) is 0 Å². The van der Waals surface area contributed by atoms with Crippen molar-refractivity contribution in [2.75, 3.05) is 5.73 Å². The molecule has 0 spiro atoms. The third-order valence-electron chi connectivity index (χ3n) is 2.46. The largest absolute Gasteiger partial charge is 0.399 e. The van der Waals surface area contributed by atoms with Crippen molar-refractivity contribution in [1.82, 2.24) is 4.98 Å². The molecule has 2 heterocycles. The maximum atomic E-state index is 5.93. The lowest BCUT2D eigenvalue weighted by molar-refractivity contribution is 1.42. The Hall–Kier alpha value is -1.36. The number of aromatic nitrogens is 1. The van der Waals surface area contributed by atoms with E-state index in [1.165, 1.54) is 11.3 Å². The summed E-state index contributed by atoms with van der Waals surface area (Å²) in [6, 6.07) is 11.6. The van der Waals surface area contributed by atoms with Gasteiger partial charge in [-0.25, -0.2) is 4.98 Å². The standard InChI is InChI=1S/C13H9ClN2S2/c14-12-5-4-11(18-12)10-7-17-13(16-10)8-2-1-3-9(15)6-8/h1-7H,15H2. The van der Waals surface area contributed by atoms with Crippen LogP contribution in [0.3, 0.4) is 0 Å². The Morgan fingerprint density at radius 2 is 2.06 bits per heavy atom. The van der Waals surface area contributed by atoms with E-state index in [9.17, 15) is 0 Å². The number of benzene rings is 1. The summed E-state index contributed by atoms with van der Waals surface area (Å²) in [6.45, 7) is 0. The van der Waals surface area contributed by atoms with Crippen LogP contribution in [0.25, 0.3) is 21.1 Å². The molecular formula is C13H9ClN2S2. The highest BCUT2D eigenvalue weighted by Crippen LogP contribution is 2.34. The number of hydrogen-bond donors (Lipinski definition) is 1. The molecule has 0 atom stereocenters. The normalized spacial score (nSPS) is 10.7. The molecule has 18 heavy (non-hydrogen) atoms. The minimum Gasteiger partial charge on any atom is -0.399 e. The van der Waals surface area contributed by atoms with E-state index in [1.807, 2.05) is 41.8 Å². The first-order chi connectivity index (χ1) is 8.72.